The predicted octanol–water partition coefficient (Wildman–Crippen LogP) is 2.75. The molecular weight excluding hydrogens is 258 g/mol. The highest BCUT2D eigenvalue weighted by Crippen LogP contribution is 2.41. The van der Waals surface area contributed by atoms with E-state index in [1.54, 1.807) is 7.11 Å². The largest absolute Gasteiger partial charge is 0.506 e. The van der Waals surface area contributed by atoms with Crippen molar-refractivity contribution >= 4 is 15.9 Å². The van der Waals surface area contributed by atoms with Crippen molar-refractivity contribution in [1.29, 1.82) is 0 Å². The van der Waals surface area contributed by atoms with Crippen molar-refractivity contribution in [3.63, 3.8) is 0 Å². The molecule has 1 aromatic carbocycles. The maximum absolute atomic E-state index is 9.89. The van der Waals surface area contributed by atoms with Crippen LogP contribution in [0.15, 0.2) is 10.5 Å². The molecule has 0 saturated carbocycles. The molecule has 0 bridgehead atoms. The van der Waals surface area contributed by atoms with Gasteiger partial charge in [-0.25, -0.2) is 0 Å². The number of phenols is 1. The van der Waals surface area contributed by atoms with Gasteiger partial charge in [0.05, 0.1) is 7.11 Å². The first-order chi connectivity index (χ1) is 7.02. The standard InChI is InChI=1S/C11H16BrNO2/c1-4-7-5-8(6(2)13)10(14)9(12)11(7)15-3/h5-6,14H,4,13H2,1-3H3. The van der Waals surface area contributed by atoms with E-state index in [-0.39, 0.29) is 11.8 Å². The number of rotatable bonds is 3. The van der Waals surface area contributed by atoms with Crippen LogP contribution in [0.1, 0.15) is 31.0 Å². The first kappa shape index (κ1) is 12.3. The van der Waals surface area contributed by atoms with Gasteiger partial charge in [-0.2, -0.15) is 0 Å². The zero-order valence-corrected chi connectivity index (χ0v) is 10.8. The van der Waals surface area contributed by atoms with E-state index in [9.17, 15) is 5.11 Å². The maximum Gasteiger partial charge on any atom is 0.139 e. The highest BCUT2D eigenvalue weighted by molar-refractivity contribution is 9.10. The van der Waals surface area contributed by atoms with Crippen LogP contribution in [-0.2, 0) is 6.42 Å². The van der Waals surface area contributed by atoms with Gasteiger partial charge in [-0.15, -0.1) is 0 Å². The minimum Gasteiger partial charge on any atom is -0.506 e. The Morgan fingerprint density at radius 3 is 2.60 bits per heavy atom. The Labute approximate surface area is 98.4 Å². The van der Waals surface area contributed by atoms with Gasteiger partial charge in [0.2, 0.25) is 0 Å². The van der Waals surface area contributed by atoms with Crippen molar-refractivity contribution in [2.75, 3.05) is 7.11 Å². The molecule has 0 saturated heterocycles. The third-order valence-electron chi connectivity index (χ3n) is 2.38. The molecule has 0 aromatic heterocycles. The third-order valence-corrected chi connectivity index (χ3v) is 3.11. The fourth-order valence-corrected chi connectivity index (χ4v) is 2.17. The number of aryl methyl sites for hydroxylation is 1. The number of hydrogen-bond acceptors (Lipinski definition) is 3. The Morgan fingerprint density at radius 1 is 1.60 bits per heavy atom. The summed E-state index contributed by atoms with van der Waals surface area (Å²) in [4.78, 5) is 0. The number of halogens is 1. The summed E-state index contributed by atoms with van der Waals surface area (Å²) in [5.41, 5.74) is 7.55. The Kier molecular flexibility index (Phi) is 3.99. The number of ether oxygens (including phenoxy) is 1. The van der Waals surface area contributed by atoms with Crippen LogP contribution in [0.4, 0.5) is 0 Å². The first-order valence-electron chi connectivity index (χ1n) is 4.86. The van der Waals surface area contributed by atoms with Crippen LogP contribution in [0.3, 0.4) is 0 Å². The zero-order valence-electron chi connectivity index (χ0n) is 9.17. The van der Waals surface area contributed by atoms with Crippen molar-refractivity contribution in [3.05, 3.63) is 21.7 Å². The molecule has 0 radical (unpaired) electrons. The number of nitrogens with two attached hydrogens (primary N) is 1. The molecule has 3 N–H and O–H groups in total. The minimum absolute atomic E-state index is 0.166. The molecule has 1 rings (SSSR count). The van der Waals surface area contributed by atoms with Crippen LogP contribution >= 0.6 is 15.9 Å². The molecule has 15 heavy (non-hydrogen) atoms. The number of methoxy groups -OCH3 is 1. The van der Waals surface area contributed by atoms with E-state index in [1.165, 1.54) is 0 Å². The second-order valence-corrected chi connectivity index (χ2v) is 4.26. The quantitative estimate of drug-likeness (QED) is 0.891. The molecule has 1 aromatic rings. The van der Waals surface area contributed by atoms with Crippen LogP contribution in [0.5, 0.6) is 11.5 Å². The Morgan fingerprint density at radius 2 is 2.20 bits per heavy atom. The predicted molar refractivity (Wildman–Crippen MR) is 64.3 cm³/mol. The van der Waals surface area contributed by atoms with Gasteiger partial charge in [-0.1, -0.05) is 6.92 Å². The molecule has 0 aliphatic carbocycles. The second-order valence-electron chi connectivity index (χ2n) is 3.46. The summed E-state index contributed by atoms with van der Waals surface area (Å²) in [7, 11) is 1.59. The lowest BCUT2D eigenvalue weighted by atomic mass is 10.0. The summed E-state index contributed by atoms with van der Waals surface area (Å²) >= 11 is 3.32. The molecule has 0 fully saturated rings. The summed E-state index contributed by atoms with van der Waals surface area (Å²) in [5, 5.41) is 9.89. The number of phenolic OH excluding ortho intramolecular Hbond substituents is 1. The maximum atomic E-state index is 9.89. The highest BCUT2D eigenvalue weighted by Gasteiger charge is 2.17. The van der Waals surface area contributed by atoms with Crippen molar-refractivity contribution in [1.82, 2.24) is 0 Å². The molecular formula is C11H16BrNO2. The van der Waals surface area contributed by atoms with E-state index in [2.05, 4.69) is 15.9 Å². The van der Waals surface area contributed by atoms with Crippen LogP contribution in [-0.4, -0.2) is 12.2 Å². The number of benzene rings is 1. The fourth-order valence-electron chi connectivity index (χ4n) is 1.53. The Bertz CT molecular complexity index is 364. The molecule has 84 valence electrons. The average Bonchev–Trinajstić information content (AvgIpc) is 2.21. The van der Waals surface area contributed by atoms with E-state index in [0.29, 0.717) is 10.2 Å². The highest BCUT2D eigenvalue weighted by atomic mass is 79.9. The van der Waals surface area contributed by atoms with Crippen molar-refractivity contribution < 1.29 is 9.84 Å². The zero-order chi connectivity index (χ0) is 11.6. The topological polar surface area (TPSA) is 55.5 Å². The van der Waals surface area contributed by atoms with Gasteiger partial charge in [0.15, 0.2) is 0 Å². The van der Waals surface area contributed by atoms with Crippen molar-refractivity contribution in [2.24, 2.45) is 5.73 Å². The minimum atomic E-state index is -0.197. The van der Waals surface area contributed by atoms with Gasteiger partial charge in [0.1, 0.15) is 16.0 Å². The fraction of sp³-hybridized carbons (Fsp3) is 0.455. The lowest BCUT2D eigenvalue weighted by Crippen LogP contribution is -2.07. The van der Waals surface area contributed by atoms with Crippen molar-refractivity contribution in [2.45, 2.75) is 26.3 Å². The molecule has 0 amide bonds. The van der Waals surface area contributed by atoms with Crippen LogP contribution in [0, 0.1) is 0 Å². The summed E-state index contributed by atoms with van der Waals surface area (Å²) in [6.45, 7) is 3.87. The normalized spacial score (nSPS) is 12.6. The van der Waals surface area contributed by atoms with Gasteiger partial charge >= 0.3 is 0 Å². The lowest BCUT2D eigenvalue weighted by Gasteiger charge is -2.16. The Hall–Kier alpha value is -0.740. The number of aromatic hydroxyl groups is 1. The average molecular weight is 274 g/mol. The van der Waals surface area contributed by atoms with Crippen LogP contribution in [0.2, 0.25) is 0 Å². The van der Waals surface area contributed by atoms with E-state index < -0.39 is 0 Å². The summed E-state index contributed by atoms with van der Waals surface area (Å²) < 4.78 is 5.82. The third kappa shape index (κ3) is 2.26. The van der Waals surface area contributed by atoms with Gasteiger partial charge in [0.25, 0.3) is 0 Å². The SMILES string of the molecule is CCc1cc(C(C)N)c(O)c(Br)c1OC. The van der Waals surface area contributed by atoms with E-state index in [0.717, 1.165) is 17.5 Å². The van der Waals surface area contributed by atoms with Crippen LogP contribution < -0.4 is 10.5 Å². The van der Waals surface area contributed by atoms with E-state index in [4.69, 9.17) is 10.5 Å². The van der Waals surface area contributed by atoms with Gasteiger partial charge in [0, 0.05) is 11.6 Å². The molecule has 0 aliphatic rings. The molecule has 1 unspecified atom stereocenters. The molecule has 4 heteroatoms. The first-order valence-corrected chi connectivity index (χ1v) is 5.66. The monoisotopic (exact) mass is 273 g/mol. The smallest absolute Gasteiger partial charge is 0.139 e. The summed E-state index contributed by atoms with van der Waals surface area (Å²) in [6.07, 6.45) is 0.835. The molecule has 1 atom stereocenters. The molecule has 0 heterocycles. The number of hydrogen-bond donors (Lipinski definition) is 2. The molecule has 0 spiro atoms. The van der Waals surface area contributed by atoms with Gasteiger partial charge in [-0.05, 0) is 40.9 Å². The molecule has 0 aliphatic heterocycles. The van der Waals surface area contributed by atoms with Crippen LogP contribution in [0.25, 0.3) is 0 Å². The Balaban J connectivity index is 3.42. The van der Waals surface area contributed by atoms with Gasteiger partial charge in [-0.3, -0.25) is 0 Å². The van der Waals surface area contributed by atoms with Gasteiger partial charge < -0.3 is 15.6 Å². The van der Waals surface area contributed by atoms with E-state index >= 15 is 0 Å². The lowest BCUT2D eigenvalue weighted by molar-refractivity contribution is 0.396. The van der Waals surface area contributed by atoms with Crippen molar-refractivity contribution in [3.8, 4) is 11.5 Å². The van der Waals surface area contributed by atoms with E-state index in [1.807, 2.05) is 19.9 Å². The molecule has 3 nitrogen and oxygen atoms in total. The second kappa shape index (κ2) is 4.86. The summed E-state index contributed by atoms with van der Waals surface area (Å²) in [5.74, 6) is 0.846. The summed E-state index contributed by atoms with van der Waals surface area (Å²) in [6, 6.07) is 1.70.